The zero-order valence-corrected chi connectivity index (χ0v) is 8.83. The van der Waals surface area contributed by atoms with Crippen molar-refractivity contribution in [3.8, 4) is 5.75 Å². The van der Waals surface area contributed by atoms with Gasteiger partial charge in [-0.15, -0.1) is 0 Å². The van der Waals surface area contributed by atoms with Gasteiger partial charge in [0, 0.05) is 5.56 Å². The van der Waals surface area contributed by atoms with E-state index in [1.807, 2.05) is 0 Å². The topological polar surface area (TPSA) is 20.2 Å². The minimum absolute atomic E-state index is 0.253. The fourth-order valence-corrected chi connectivity index (χ4v) is 1.36. The summed E-state index contributed by atoms with van der Waals surface area (Å²) >= 11 is 0. The van der Waals surface area contributed by atoms with Gasteiger partial charge in [-0.05, 0) is 24.6 Å². The molecule has 0 radical (unpaired) electrons. The Morgan fingerprint density at radius 2 is 1.33 bits per heavy atom. The first-order chi connectivity index (χ1) is 7.91. The Balaban J connectivity index is 3.51. The molecule has 1 aromatic rings. The van der Waals surface area contributed by atoms with Crippen LogP contribution in [0.15, 0.2) is 18.2 Å². The van der Waals surface area contributed by atoms with E-state index in [1.54, 1.807) is 0 Å². The van der Waals surface area contributed by atoms with E-state index in [-0.39, 0.29) is 11.6 Å². The molecule has 0 atom stereocenters. The van der Waals surface area contributed by atoms with Crippen LogP contribution in [0.25, 0.3) is 0 Å². The smallest absolute Gasteiger partial charge is 0.435 e. The number of halogens is 7. The van der Waals surface area contributed by atoms with Crippen molar-refractivity contribution < 1.29 is 35.8 Å². The van der Waals surface area contributed by atoms with Crippen LogP contribution in [0.5, 0.6) is 5.75 Å². The van der Waals surface area contributed by atoms with Crippen LogP contribution < -0.4 is 0 Å². The molecule has 0 aliphatic heterocycles. The van der Waals surface area contributed by atoms with Gasteiger partial charge in [-0.3, -0.25) is 0 Å². The molecule has 1 nitrogen and oxygen atoms in total. The van der Waals surface area contributed by atoms with Gasteiger partial charge in [0.2, 0.25) is 0 Å². The second-order valence-electron chi connectivity index (χ2n) is 3.66. The third-order valence-electron chi connectivity index (χ3n) is 2.38. The lowest BCUT2D eigenvalue weighted by Crippen LogP contribution is -2.50. The van der Waals surface area contributed by atoms with Crippen LogP contribution in [0, 0.1) is 6.92 Å². The van der Waals surface area contributed by atoms with E-state index >= 15 is 0 Å². The molecular weight excluding hydrogens is 269 g/mol. The van der Waals surface area contributed by atoms with Crippen molar-refractivity contribution in [3.63, 3.8) is 0 Å². The average molecular weight is 276 g/mol. The number of benzene rings is 1. The molecule has 102 valence electrons. The molecule has 1 rings (SSSR count). The van der Waals surface area contributed by atoms with Crippen LogP contribution in [0.2, 0.25) is 0 Å². The van der Waals surface area contributed by atoms with E-state index in [2.05, 4.69) is 0 Å². The highest BCUT2D eigenvalue weighted by atomic mass is 19.4. The Morgan fingerprint density at radius 1 is 0.889 bits per heavy atom. The summed E-state index contributed by atoms with van der Waals surface area (Å²) < 4.78 is 87.7. The normalized spacial score (nSPS) is 13.8. The maximum atomic E-state index is 13.5. The van der Waals surface area contributed by atoms with Crippen molar-refractivity contribution >= 4 is 0 Å². The lowest BCUT2D eigenvalue weighted by Gasteiger charge is -2.30. The Morgan fingerprint density at radius 3 is 1.67 bits per heavy atom. The maximum absolute atomic E-state index is 13.5. The summed E-state index contributed by atoms with van der Waals surface area (Å²) in [5.74, 6) is -0.523. The van der Waals surface area contributed by atoms with Gasteiger partial charge in [0.25, 0.3) is 0 Å². The molecule has 0 fully saturated rings. The van der Waals surface area contributed by atoms with Crippen molar-refractivity contribution in [2.75, 3.05) is 0 Å². The molecule has 0 unspecified atom stereocenters. The van der Waals surface area contributed by atoms with Gasteiger partial charge in [0.05, 0.1) is 0 Å². The second kappa shape index (κ2) is 4.03. The summed E-state index contributed by atoms with van der Waals surface area (Å²) in [6.07, 6.45) is -12.3. The van der Waals surface area contributed by atoms with Gasteiger partial charge in [-0.25, -0.2) is 4.39 Å². The van der Waals surface area contributed by atoms with Gasteiger partial charge in [0.15, 0.2) is 0 Å². The van der Waals surface area contributed by atoms with Crippen molar-refractivity contribution in [2.45, 2.75) is 24.9 Å². The van der Waals surface area contributed by atoms with Crippen LogP contribution in [0.4, 0.5) is 30.7 Å². The Hall–Kier alpha value is -1.47. The van der Waals surface area contributed by atoms with Crippen LogP contribution >= 0.6 is 0 Å². The third kappa shape index (κ3) is 2.11. The van der Waals surface area contributed by atoms with Crippen molar-refractivity contribution in [1.82, 2.24) is 0 Å². The van der Waals surface area contributed by atoms with E-state index in [1.165, 1.54) is 0 Å². The summed E-state index contributed by atoms with van der Waals surface area (Å²) in [5.41, 5.74) is -7.36. The fraction of sp³-hybridized carbons (Fsp3) is 0.400. The average Bonchev–Trinajstić information content (AvgIpc) is 2.17. The number of phenolic OH excluding ortho intramolecular Hbond substituents is 1. The lowest BCUT2D eigenvalue weighted by atomic mass is 9.93. The molecule has 0 heterocycles. The highest BCUT2D eigenvalue weighted by Gasteiger charge is 2.73. The molecular formula is C10H7F7O. The molecule has 0 aliphatic rings. The summed E-state index contributed by atoms with van der Waals surface area (Å²) in [5, 5.41) is 9.03. The molecule has 0 bridgehead atoms. The van der Waals surface area contributed by atoms with E-state index in [4.69, 9.17) is 5.11 Å². The highest BCUT2D eigenvalue weighted by molar-refractivity contribution is 5.39. The predicted octanol–water partition coefficient (Wildman–Crippen LogP) is 3.99. The first kappa shape index (κ1) is 14.6. The molecule has 0 aromatic heterocycles. The Kier molecular flexibility index (Phi) is 3.27. The van der Waals surface area contributed by atoms with Gasteiger partial charge >= 0.3 is 18.0 Å². The quantitative estimate of drug-likeness (QED) is 0.769. The van der Waals surface area contributed by atoms with E-state index in [0.29, 0.717) is 12.1 Å². The van der Waals surface area contributed by atoms with Crippen molar-refractivity contribution in [3.05, 3.63) is 29.3 Å². The van der Waals surface area contributed by atoms with Gasteiger partial charge in [0.1, 0.15) is 5.75 Å². The van der Waals surface area contributed by atoms with Gasteiger partial charge in [-0.1, -0.05) is 6.07 Å². The maximum Gasteiger partial charge on any atom is 0.435 e. The lowest BCUT2D eigenvalue weighted by molar-refractivity contribution is -0.348. The molecule has 0 amide bonds. The molecule has 1 N–H and O–H groups in total. The van der Waals surface area contributed by atoms with E-state index in [9.17, 15) is 30.7 Å². The molecule has 0 saturated heterocycles. The Bertz CT molecular complexity index is 433. The van der Waals surface area contributed by atoms with Crippen LogP contribution in [0.1, 0.15) is 11.1 Å². The molecule has 1 aromatic carbocycles. The van der Waals surface area contributed by atoms with E-state index < -0.39 is 29.3 Å². The van der Waals surface area contributed by atoms with E-state index in [0.717, 1.165) is 6.92 Å². The summed E-state index contributed by atoms with van der Waals surface area (Å²) in [7, 11) is 0. The minimum atomic E-state index is -6.14. The molecule has 0 saturated carbocycles. The zero-order valence-electron chi connectivity index (χ0n) is 8.83. The fourth-order valence-electron chi connectivity index (χ4n) is 1.36. The zero-order chi connectivity index (χ0) is 14.4. The number of phenols is 1. The number of aromatic hydroxyl groups is 1. The van der Waals surface area contributed by atoms with Crippen molar-refractivity contribution in [1.29, 1.82) is 0 Å². The molecule has 0 spiro atoms. The monoisotopic (exact) mass is 276 g/mol. The number of aryl methyl sites for hydroxylation is 1. The summed E-state index contributed by atoms with van der Waals surface area (Å²) in [6.45, 7) is 1.06. The number of alkyl halides is 7. The van der Waals surface area contributed by atoms with Gasteiger partial charge < -0.3 is 5.11 Å². The third-order valence-corrected chi connectivity index (χ3v) is 2.38. The molecule has 8 heteroatoms. The highest BCUT2D eigenvalue weighted by Crippen LogP contribution is 2.53. The first-order valence-corrected chi connectivity index (χ1v) is 4.53. The minimum Gasteiger partial charge on any atom is -0.508 e. The number of rotatable bonds is 1. The second-order valence-corrected chi connectivity index (χ2v) is 3.66. The largest absolute Gasteiger partial charge is 0.508 e. The summed E-state index contributed by atoms with van der Waals surface area (Å²) in [6, 6.07) is 1.15. The van der Waals surface area contributed by atoms with Crippen LogP contribution in [0.3, 0.4) is 0 Å². The Labute approximate surface area is 96.8 Å². The van der Waals surface area contributed by atoms with Crippen molar-refractivity contribution in [2.24, 2.45) is 0 Å². The van der Waals surface area contributed by atoms with Crippen LogP contribution in [-0.4, -0.2) is 17.5 Å². The summed E-state index contributed by atoms with van der Waals surface area (Å²) in [4.78, 5) is 0. The first-order valence-electron chi connectivity index (χ1n) is 4.53. The number of hydrogen-bond acceptors (Lipinski definition) is 1. The number of hydrogen-bond donors (Lipinski definition) is 1. The van der Waals surface area contributed by atoms with Gasteiger partial charge in [-0.2, -0.15) is 26.3 Å². The SMILES string of the molecule is Cc1cc(C(F)(C(F)(F)F)C(F)(F)F)ccc1O. The molecule has 0 aliphatic carbocycles. The van der Waals surface area contributed by atoms with Crippen LogP contribution in [-0.2, 0) is 5.67 Å². The molecule has 18 heavy (non-hydrogen) atoms. The standard InChI is InChI=1S/C10H7F7O/c1-5-4-6(2-3-7(5)18)8(11,9(12,13)14)10(15,16)17/h2-4,18H,1H3. The predicted molar refractivity (Wildman–Crippen MR) is 47.7 cm³/mol.